The highest BCUT2D eigenvalue weighted by atomic mass is 79.9. The molecule has 2 aromatic rings. The van der Waals surface area contributed by atoms with Crippen molar-refractivity contribution >= 4 is 38.9 Å². The molecule has 0 radical (unpaired) electrons. The lowest BCUT2D eigenvalue weighted by Crippen LogP contribution is -2.19. The van der Waals surface area contributed by atoms with Crippen molar-refractivity contribution < 1.29 is 4.79 Å². The Kier molecular flexibility index (Phi) is 3.98. The van der Waals surface area contributed by atoms with Crippen LogP contribution in [0.1, 0.15) is 27.2 Å². The molecule has 2 N–H and O–H groups in total. The molecule has 4 nitrogen and oxygen atoms in total. The van der Waals surface area contributed by atoms with E-state index in [1.165, 1.54) is 4.88 Å². The van der Waals surface area contributed by atoms with Gasteiger partial charge in [0.2, 0.25) is 0 Å². The molecule has 0 aliphatic carbocycles. The lowest BCUT2D eigenvalue weighted by atomic mass is 10.3. The third-order valence-electron chi connectivity index (χ3n) is 2.31. The summed E-state index contributed by atoms with van der Waals surface area (Å²) in [4.78, 5) is 16.9. The van der Waals surface area contributed by atoms with E-state index < -0.39 is 0 Å². The van der Waals surface area contributed by atoms with Gasteiger partial charge >= 0.3 is 0 Å². The number of amides is 1. The first-order chi connectivity index (χ1) is 8.56. The molecule has 0 fully saturated rings. The van der Waals surface area contributed by atoms with E-state index in [1.54, 1.807) is 23.6 Å². The number of hydrazone groups is 1. The molecule has 0 aromatic carbocycles. The van der Waals surface area contributed by atoms with Crippen molar-refractivity contribution in [1.82, 2.24) is 10.4 Å². The SMILES string of the molecule is C/C(=N/NC(=O)c1cc(Br)c[nH]1)c1ccc(C)s1. The van der Waals surface area contributed by atoms with Crippen LogP contribution in [0.25, 0.3) is 0 Å². The van der Waals surface area contributed by atoms with Crippen molar-refractivity contribution in [2.24, 2.45) is 5.10 Å². The number of rotatable bonds is 3. The topological polar surface area (TPSA) is 57.2 Å². The minimum Gasteiger partial charge on any atom is -0.356 e. The summed E-state index contributed by atoms with van der Waals surface area (Å²) in [5.41, 5.74) is 3.79. The predicted octanol–water partition coefficient (Wildman–Crippen LogP) is 3.30. The van der Waals surface area contributed by atoms with Gasteiger partial charge in [0.15, 0.2) is 0 Å². The van der Waals surface area contributed by atoms with Crippen LogP contribution in [0.3, 0.4) is 0 Å². The lowest BCUT2D eigenvalue weighted by molar-refractivity contribution is 0.0950. The van der Waals surface area contributed by atoms with Crippen LogP contribution in [0, 0.1) is 6.92 Å². The zero-order valence-electron chi connectivity index (χ0n) is 9.95. The van der Waals surface area contributed by atoms with Crippen LogP contribution >= 0.6 is 27.3 Å². The number of H-pyrrole nitrogens is 1. The molecule has 0 aliphatic rings. The molecule has 1 amide bonds. The molecule has 0 aliphatic heterocycles. The highest BCUT2D eigenvalue weighted by Gasteiger charge is 2.07. The first-order valence-corrected chi connectivity index (χ1v) is 6.92. The second kappa shape index (κ2) is 5.49. The van der Waals surface area contributed by atoms with Crippen molar-refractivity contribution in [1.29, 1.82) is 0 Å². The van der Waals surface area contributed by atoms with E-state index in [0.717, 1.165) is 15.1 Å². The molecule has 2 aromatic heterocycles. The molecule has 0 unspecified atom stereocenters. The zero-order chi connectivity index (χ0) is 13.1. The molecule has 0 atom stereocenters. The Labute approximate surface area is 117 Å². The molecular formula is C12H12BrN3OS. The molecular weight excluding hydrogens is 314 g/mol. The zero-order valence-corrected chi connectivity index (χ0v) is 12.4. The van der Waals surface area contributed by atoms with Crippen molar-refractivity contribution in [3.63, 3.8) is 0 Å². The standard InChI is InChI=1S/C12H12BrN3OS/c1-7-3-4-11(18-7)8(2)15-16-12(17)10-5-9(13)6-14-10/h3-6,14H,1-2H3,(H,16,17)/b15-8-. The molecule has 2 heterocycles. The Bertz CT molecular complexity index is 600. The van der Waals surface area contributed by atoms with E-state index >= 15 is 0 Å². The highest BCUT2D eigenvalue weighted by Crippen LogP contribution is 2.15. The average molecular weight is 326 g/mol. The van der Waals surface area contributed by atoms with Crippen LogP contribution in [0.15, 0.2) is 34.0 Å². The predicted molar refractivity (Wildman–Crippen MR) is 77.2 cm³/mol. The monoisotopic (exact) mass is 325 g/mol. The van der Waals surface area contributed by atoms with Crippen LogP contribution in [0.4, 0.5) is 0 Å². The Morgan fingerprint density at radius 2 is 2.28 bits per heavy atom. The third-order valence-corrected chi connectivity index (χ3v) is 3.88. The van der Waals surface area contributed by atoms with Gasteiger partial charge in [-0.25, -0.2) is 5.43 Å². The summed E-state index contributed by atoms with van der Waals surface area (Å²) in [6.07, 6.45) is 1.70. The van der Waals surface area contributed by atoms with Crippen LogP contribution in [-0.2, 0) is 0 Å². The Morgan fingerprint density at radius 1 is 1.50 bits per heavy atom. The molecule has 94 valence electrons. The van der Waals surface area contributed by atoms with Crippen LogP contribution in [0.5, 0.6) is 0 Å². The van der Waals surface area contributed by atoms with Crippen LogP contribution in [-0.4, -0.2) is 16.6 Å². The molecule has 0 bridgehead atoms. The van der Waals surface area contributed by atoms with E-state index in [2.05, 4.69) is 31.4 Å². The summed E-state index contributed by atoms with van der Waals surface area (Å²) in [6.45, 7) is 3.91. The maximum Gasteiger partial charge on any atom is 0.287 e. The Balaban J connectivity index is 2.04. The average Bonchev–Trinajstić information content (AvgIpc) is 2.94. The summed E-state index contributed by atoms with van der Waals surface area (Å²) >= 11 is 4.92. The number of thiophene rings is 1. The number of aromatic amines is 1. The fourth-order valence-electron chi connectivity index (χ4n) is 1.38. The van der Waals surface area contributed by atoms with Gasteiger partial charge in [-0.05, 0) is 48.0 Å². The summed E-state index contributed by atoms with van der Waals surface area (Å²) < 4.78 is 0.835. The van der Waals surface area contributed by atoms with E-state index in [1.807, 2.05) is 26.0 Å². The molecule has 0 spiro atoms. The number of hydrogen-bond donors (Lipinski definition) is 2. The summed E-state index contributed by atoms with van der Waals surface area (Å²) in [5.74, 6) is -0.256. The van der Waals surface area contributed by atoms with E-state index in [9.17, 15) is 4.79 Å². The van der Waals surface area contributed by atoms with Gasteiger partial charge in [-0.15, -0.1) is 11.3 Å². The largest absolute Gasteiger partial charge is 0.356 e. The van der Waals surface area contributed by atoms with Gasteiger partial charge in [0.05, 0.1) is 10.6 Å². The maximum atomic E-state index is 11.7. The number of nitrogens with one attached hydrogen (secondary N) is 2. The lowest BCUT2D eigenvalue weighted by Gasteiger charge is -1.99. The van der Waals surface area contributed by atoms with Crippen LogP contribution in [0.2, 0.25) is 0 Å². The minimum atomic E-state index is -0.256. The van der Waals surface area contributed by atoms with Crippen molar-refractivity contribution in [2.75, 3.05) is 0 Å². The minimum absolute atomic E-state index is 0.256. The maximum absolute atomic E-state index is 11.7. The van der Waals surface area contributed by atoms with E-state index in [0.29, 0.717) is 5.69 Å². The number of halogens is 1. The number of aromatic nitrogens is 1. The van der Waals surface area contributed by atoms with E-state index in [4.69, 9.17) is 0 Å². The van der Waals surface area contributed by atoms with Gasteiger partial charge in [-0.3, -0.25) is 4.79 Å². The third kappa shape index (κ3) is 3.08. The quantitative estimate of drug-likeness (QED) is 0.660. The Hall–Kier alpha value is -1.40. The highest BCUT2D eigenvalue weighted by molar-refractivity contribution is 9.10. The first-order valence-electron chi connectivity index (χ1n) is 5.31. The number of aryl methyl sites for hydroxylation is 1. The molecule has 0 saturated heterocycles. The van der Waals surface area contributed by atoms with Gasteiger partial charge < -0.3 is 4.98 Å². The van der Waals surface area contributed by atoms with Crippen LogP contribution < -0.4 is 5.43 Å². The molecule has 6 heteroatoms. The van der Waals surface area contributed by atoms with Crippen molar-refractivity contribution in [3.8, 4) is 0 Å². The van der Waals surface area contributed by atoms with E-state index in [-0.39, 0.29) is 5.91 Å². The second-order valence-corrected chi connectivity index (χ2v) is 5.98. The number of carbonyl (C=O) groups excluding carboxylic acids is 1. The van der Waals surface area contributed by atoms with Crippen molar-refractivity contribution in [3.05, 3.63) is 44.3 Å². The molecule has 18 heavy (non-hydrogen) atoms. The fraction of sp³-hybridized carbons (Fsp3) is 0.167. The summed E-state index contributed by atoms with van der Waals surface area (Å²) in [5, 5.41) is 4.09. The normalized spacial score (nSPS) is 11.6. The fourth-order valence-corrected chi connectivity index (χ4v) is 2.53. The van der Waals surface area contributed by atoms with Gasteiger partial charge in [-0.1, -0.05) is 0 Å². The summed E-state index contributed by atoms with van der Waals surface area (Å²) in [6, 6.07) is 5.73. The first kappa shape index (κ1) is 13.0. The number of carbonyl (C=O) groups is 1. The smallest absolute Gasteiger partial charge is 0.287 e. The van der Waals surface area contributed by atoms with Gasteiger partial charge in [0, 0.05) is 15.5 Å². The number of hydrogen-bond acceptors (Lipinski definition) is 3. The van der Waals surface area contributed by atoms with Gasteiger partial charge in [0.25, 0.3) is 5.91 Å². The Morgan fingerprint density at radius 3 is 2.83 bits per heavy atom. The molecule has 0 saturated carbocycles. The second-order valence-electron chi connectivity index (χ2n) is 3.78. The summed E-state index contributed by atoms with van der Waals surface area (Å²) in [7, 11) is 0. The molecule has 2 rings (SSSR count). The van der Waals surface area contributed by atoms with Gasteiger partial charge in [-0.2, -0.15) is 5.10 Å². The number of nitrogens with zero attached hydrogens (tertiary/aromatic N) is 1. The van der Waals surface area contributed by atoms with Crippen molar-refractivity contribution in [2.45, 2.75) is 13.8 Å². The van der Waals surface area contributed by atoms with Gasteiger partial charge in [0.1, 0.15) is 5.69 Å².